The summed E-state index contributed by atoms with van der Waals surface area (Å²) < 4.78 is 1.02. The molecule has 0 aliphatic heterocycles. The maximum atomic E-state index is 11.5. The van der Waals surface area contributed by atoms with Crippen LogP contribution in [-0.4, -0.2) is 19.0 Å². The summed E-state index contributed by atoms with van der Waals surface area (Å²) in [6.45, 7) is 5.12. The fourth-order valence-electron chi connectivity index (χ4n) is 1.44. The Kier molecular flexibility index (Phi) is 5.49. The highest BCUT2D eigenvalue weighted by Crippen LogP contribution is 2.22. The molecule has 0 aliphatic rings. The number of halogens is 1. The van der Waals surface area contributed by atoms with Crippen molar-refractivity contribution < 1.29 is 4.79 Å². The fraction of sp³-hybridized carbons (Fsp3) is 0.417. The van der Waals surface area contributed by atoms with Gasteiger partial charge in [-0.2, -0.15) is 0 Å². The van der Waals surface area contributed by atoms with Crippen LogP contribution < -0.4 is 10.6 Å². The van der Waals surface area contributed by atoms with E-state index in [0.717, 1.165) is 16.6 Å². The quantitative estimate of drug-likeness (QED) is 0.871. The minimum Gasteiger partial charge on any atom is -0.348 e. The molecule has 0 aromatic heterocycles. The van der Waals surface area contributed by atoms with Gasteiger partial charge in [0.25, 0.3) is 0 Å². The van der Waals surface area contributed by atoms with E-state index in [2.05, 4.69) is 26.6 Å². The summed E-state index contributed by atoms with van der Waals surface area (Å²) in [5.41, 5.74) is 1.09. The lowest BCUT2D eigenvalue weighted by atomic mass is 10.1. The van der Waals surface area contributed by atoms with Gasteiger partial charge in [-0.25, -0.2) is 0 Å². The number of likely N-dealkylation sites (N-methyl/N-ethyl adjacent to an activating group) is 1. The maximum Gasteiger partial charge on any atom is 0.234 e. The average Bonchev–Trinajstić information content (AvgIpc) is 2.26. The standard InChI is InChI=1S/C12H17BrN2O/c1-3-14-8-12(16)15-9(2)10-6-4-5-7-11(10)13/h4-7,9,14H,3,8H2,1-2H3,(H,15,16). The molecule has 1 rings (SSSR count). The van der Waals surface area contributed by atoms with Gasteiger partial charge in [-0.15, -0.1) is 0 Å². The van der Waals surface area contributed by atoms with Crippen LogP contribution in [0.1, 0.15) is 25.5 Å². The minimum absolute atomic E-state index is 0.0155. The molecule has 0 heterocycles. The fourth-order valence-corrected chi connectivity index (χ4v) is 2.06. The van der Waals surface area contributed by atoms with E-state index in [-0.39, 0.29) is 11.9 Å². The first-order valence-electron chi connectivity index (χ1n) is 5.39. The molecule has 1 aromatic carbocycles. The van der Waals surface area contributed by atoms with Gasteiger partial charge in [0.05, 0.1) is 12.6 Å². The van der Waals surface area contributed by atoms with Gasteiger partial charge in [-0.3, -0.25) is 4.79 Å². The molecule has 1 atom stereocenters. The van der Waals surface area contributed by atoms with E-state index in [1.54, 1.807) is 0 Å². The average molecular weight is 285 g/mol. The Morgan fingerprint density at radius 2 is 2.12 bits per heavy atom. The number of carbonyl (C=O) groups excluding carboxylic acids is 1. The van der Waals surface area contributed by atoms with Crippen molar-refractivity contribution in [3.8, 4) is 0 Å². The molecule has 0 saturated heterocycles. The lowest BCUT2D eigenvalue weighted by molar-refractivity contribution is -0.120. The van der Waals surface area contributed by atoms with Crippen LogP contribution in [0.5, 0.6) is 0 Å². The molecule has 0 aliphatic carbocycles. The van der Waals surface area contributed by atoms with Crippen LogP contribution in [0, 0.1) is 0 Å². The highest BCUT2D eigenvalue weighted by atomic mass is 79.9. The Labute approximate surface area is 105 Å². The Morgan fingerprint density at radius 1 is 1.44 bits per heavy atom. The molecule has 0 bridgehead atoms. The first-order valence-corrected chi connectivity index (χ1v) is 6.19. The summed E-state index contributed by atoms with van der Waals surface area (Å²) in [7, 11) is 0. The lowest BCUT2D eigenvalue weighted by Gasteiger charge is -2.15. The zero-order valence-electron chi connectivity index (χ0n) is 9.59. The van der Waals surface area contributed by atoms with Crippen LogP contribution in [0.2, 0.25) is 0 Å². The van der Waals surface area contributed by atoms with Crippen LogP contribution in [-0.2, 0) is 4.79 Å². The molecule has 16 heavy (non-hydrogen) atoms. The monoisotopic (exact) mass is 284 g/mol. The first-order chi connectivity index (χ1) is 7.65. The van der Waals surface area contributed by atoms with E-state index in [9.17, 15) is 4.79 Å². The third kappa shape index (κ3) is 3.94. The van der Waals surface area contributed by atoms with Gasteiger partial charge >= 0.3 is 0 Å². The summed E-state index contributed by atoms with van der Waals surface area (Å²) in [4.78, 5) is 11.5. The van der Waals surface area contributed by atoms with Crippen molar-refractivity contribution in [3.63, 3.8) is 0 Å². The van der Waals surface area contributed by atoms with Crippen molar-refractivity contribution in [2.45, 2.75) is 19.9 Å². The van der Waals surface area contributed by atoms with Gasteiger partial charge < -0.3 is 10.6 Å². The normalized spacial score (nSPS) is 12.2. The Hall–Kier alpha value is -0.870. The van der Waals surface area contributed by atoms with Crippen molar-refractivity contribution in [3.05, 3.63) is 34.3 Å². The van der Waals surface area contributed by atoms with E-state index in [1.807, 2.05) is 38.1 Å². The predicted octanol–water partition coefficient (Wildman–Crippen LogP) is 2.24. The molecule has 4 heteroatoms. The second-order valence-corrected chi connectivity index (χ2v) is 4.45. The van der Waals surface area contributed by atoms with E-state index in [4.69, 9.17) is 0 Å². The number of rotatable bonds is 5. The van der Waals surface area contributed by atoms with Gasteiger partial charge in [-0.1, -0.05) is 41.1 Å². The third-order valence-electron chi connectivity index (χ3n) is 2.28. The SMILES string of the molecule is CCNCC(=O)NC(C)c1ccccc1Br. The maximum absolute atomic E-state index is 11.5. The molecule has 1 aromatic rings. The summed E-state index contributed by atoms with van der Waals surface area (Å²) in [6.07, 6.45) is 0. The summed E-state index contributed by atoms with van der Waals surface area (Å²) in [6, 6.07) is 7.92. The van der Waals surface area contributed by atoms with Gasteiger partial charge in [0.15, 0.2) is 0 Å². The number of hydrogen-bond acceptors (Lipinski definition) is 2. The van der Waals surface area contributed by atoms with Gasteiger partial charge in [0.1, 0.15) is 0 Å². The van der Waals surface area contributed by atoms with Crippen molar-refractivity contribution in [2.75, 3.05) is 13.1 Å². The molecular formula is C12H17BrN2O. The van der Waals surface area contributed by atoms with Crippen LogP contribution in [0.25, 0.3) is 0 Å². The third-order valence-corrected chi connectivity index (χ3v) is 3.01. The van der Waals surface area contributed by atoms with Crippen molar-refractivity contribution >= 4 is 21.8 Å². The van der Waals surface area contributed by atoms with E-state index >= 15 is 0 Å². The van der Waals surface area contributed by atoms with Crippen LogP contribution in [0.3, 0.4) is 0 Å². The van der Waals surface area contributed by atoms with Crippen molar-refractivity contribution in [2.24, 2.45) is 0 Å². The molecule has 1 amide bonds. The topological polar surface area (TPSA) is 41.1 Å². The molecule has 0 saturated carbocycles. The van der Waals surface area contributed by atoms with Crippen LogP contribution in [0.4, 0.5) is 0 Å². The van der Waals surface area contributed by atoms with Gasteiger partial charge in [-0.05, 0) is 25.1 Å². The molecule has 0 fully saturated rings. The van der Waals surface area contributed by atoms with Crippen LogP contribution in [0.15, 0.2) is 28.7 Å². The zero-order chi connectivity index (χ0) is 12.0. The second-order valence-electron chi connectivity index (χ2n) is 3.59. The Morgan fingerprint density at radius 3 is 2.75 bits per heavy atom. The Bertz CT molecular complexity index is 355. The number of amides is 1. The molecule has 0 radical (unpaired) electrons. The highest BCUT2D eigenvalue weighted by Gasteiger charge is 2.10. The second kappa shape index (κ2) is 6.66. The van der Waals surface area contributed by atoms with E-state index in [0.29, 0.717) is 6.54 Å². The zero-order valence-corrected chi connectivity index (χ0v) is 11.2. The van der Waals surface area contributed by atoms with E-state index < -0.39 is 0 Å². The predicted molar refractivity (Wildman–Crippen MR) is 69.2 cm³/mol. The largest absolute Gasteiger partial charge is 0.348 e. The molecular weight excluding hydrogens is 268 g/mol. The summed E-state index contributed by atoms with van der Waals surface area (Å²) >= 11 is 3.47. The van der Waals surface area contributed by atoms with Crippen molar-refractivity contribution in [1.29, 1.82) is 0 Å². The molecule has 1 unspecified atom stereocenters. The Balaban J connectivity index is 2.55. The molecule has 88 valence electrons. The molecule has 3 nitrogen and oxygen atoms in total. The minimum atomic E-state index is 0.0155. The summed E-state index contributed by atoms with van der Waals surface area (Å²) in [5, 5.41) is 5.94. The molecule has 0 spiro atoms. The van der Waals surface area contributed by atoms with E-state index in [1.165, 1.54) is 0 Å². The highest BCUT2D eigenvalue weighted by molar-refractivity contribution is 9.10. The van der Waals surface area contributed by atoms with Crippen LogP contribution >= 0.6 is 15.9 Å². The summed E-state index contributed by atoms with van der Waals surface area (Å²) in [5.74, 6) is 0.0186. The first kappa shape index (κ1) is 13.2. The number of hydrogen-bond donors (Lipinski definition) is 2. The smallest absolute Gasteiger partial charge is 0.234 e. The van der Waals surface area contributed by atoms with Crippen molar-refractivity contribution in [1.82, 2.24) is 10.6 Å². The lowest BCUT2D eigenvalue weighted by Crippen LogP contribution is -2.35. The number of benzene rings is 1. The number of nitrogens with one attached hydrogen (secondary N) is 2. The van der Waals surface area contributed by atoms with Gasteiger partial charge in [0.2, 0.25) is 5.91 Å². The number of carbonyl (C=O) groups is 1. The molecule has 2 N–H and O–H groups in total. The van der Waals surface area contributed by atoms with Gasteiger partial charge in [0, 0.05) is 4.47 Å².